The lowest BCUT2D eigenvalue weighted by Gasteiger charge is -2.07. The minimum absolute atomic E-state index is 0.164. The van der Waals surface area contributed by atoms with Gasteiger partial charge in [-0.15, -0.1) is 10.2 Å². The predicted octanol–water partition coefficient (Wildman–Crippen LogP) is 4.50. The van der Waals surface area contributed by atoms with E-state index < -0.39 is 5.82 Å². The summed E-state index contributed by atoms with van der Waals surface area (Å²) in [5.74, 6) is 0.729. The highest BCUT2D eigenvalue weighted by Gasteiger charge is 2.14. The van der Waals surface area contributed by atoms with E-state index in [2.05, 4.69) is 20.2 Å². The number of halogens is 1. The second-order valence-corrected chi connectivity index (χ2v) is 6.88. The molecule has 8 heteroatoms. The number of aromatic nitrogens is 4. The molecule has 0 atom stereocenters. The molecule has 0 amide bonds. The summed E-state index contributed by atoms with van der Waals surface area (Å²) in [7, 11) is 0. The molecule has 2 heterocycles. The van der Waals surface area contributed by atoms with Crippen LogP contribution >= 0.6 is 11.8 Å². The van der Waals surface area contributed by atoms with Crippen molar-refractivity contribution in [1.29, 1.82) is 0 Å². The van der Waals surface area contributed by atoms with Crippen LogP contribution < -0.4 is 4.74 Å². The van der Waals surface area contributed by atoms with Gasteiger partial charge in [-0.05, 0) is 54.9 Å². The van der Waals surface area contributed by atoms with Crippen molar-refractivity contribution in [1.82, 2.24) is 20.2 Å². The summed E-state index contributed by atoms with van der Waals surface area (Å²) in [5, 5.41) is 9.44. The second-order valence-electron chi connectivity index (χ2n) is 5.94. The minimum Gasteiger partial charge on any atom is -0.484 e. The van der Waals surface area contributed by atoms with E-state index in [1.54, 1.807) is 12.1 Å². The van der Waals surface area contributed by atoms with Crippen LogP contribution in [0.1, 0.15) is 17.0 Å². The molecule has 0 fully saturated rings. The SMILES string of the molecule is Cc1ccc(C)c(OCc2nnc(Sc3ncnc4c(F)cccc34)o2)c1. The molecule has 27 heavy (non-hydrogen) atoms. The highest BCUT2D eigenvalue weighted by atomic mass is 32.2. The summed E-state index contributed by atoms with van der Waals surface area (Å²) in [6, 6.07) is 10.7. The van der Waals surface area contributed by atoms with Crippen LogP contribution in [0.4, 0.5) is 4.39 Å². The van der Waals surface area contributed by atoms with Crippen LogP contribution in [0.25, 0.3) is 10.9 Å². The Hall–Kier alpha value is -3.00. The fourth-order valence-electron chi connectivity index (χ4n) is 2.53. The number of aryl methyl sites for hydroxylation is 2. The summed E-state index contributed by atoms with van der Waals surface area (Å²) in [6.45, 7) is 4.14. The molecule has 4 aromatic rings. The molecular formula is C19H15FN4O2S. The molecule has 2 aromatic carbocycles. The van der Waals surface area contributed by atoms with E-state index >= 15 is 0 Å². The summed E-state index contributed by atoms with van der Waals surface area (Å²) >= 11 is 1.16. The van der Waals surface area contributed by atoms with Gasteiger partial charge in [-0.25, -0.2) is 14.4 Å². The van der Waals surface area contributed by atoms with E-state index in [-0.39, 0.29) is 12.1 Å². The Kier molecular flexibility index (Phi) is 4.72. The topological polar surface area (TPSA) is 73.9 Å². The van der Waals surface area contributed by atoms with Gasteiger partial charge in [0.1, 0.15) is 28.4 Å². The average Bonchev–Trinajstić information content (AvgIpc) is 3.11. The lowest BCUT2D eigenvalue weighted by atomic mass is 10.1. The van der Waals surface area contributed by atoms with Gasteiger partial charge in [0, 0.05) is 5.39 Å². The number of hydrogen-bond acceptors (Lipinski definition) is 7. The molecule has 0 aliphatic rings. The first-order chi connectivity index (χ1) is 13.1. The summed E-state index contributed by atoms with van der Waals surface area (Å²) in [4.78, 5) is 8.17. The van der Waals surface area contributed by atoms with Crippen molar-refractivity contribution >= 4 is 22.7 Å². The van der Waals surface area contributed by atoms with Crippen molar-refractivity contribution in [2.75, 3.05) is 0 Å². The third-order valence-electron chi connectivity index (χ3n) is 3.91. The van der Waals surface area contributed by atoms with E-state index in [1.165, 1.54) is 12.4 Å². The standard InChI is InChI=1S/C19H15FN4O2S/c1-11-6-7-12(2)15(8-11)25-9-16-23-24-19(26-16)27-18-13-4-3-5-14(20)17(13)21-10-22-18/h3-8,10H,9H2,1-2H3. The van der Waals surface area contributed by atoms with Gasteiger partial charge in [-0.3, -0.25) is 0 Å². The van der Waals surface area contributed by atoms with Gasteiger partial charge in [0.05, 0.1) is 0 Å². The largest absolute Gasteiger partial charge is 0.484 e. The molecule has 0 unspecified atom stereocenters. The van der Waals surface area contributed by atoms with Gasteiger partial charge >= 0.3 is 0 Å². The molecular weight excluding hydrogens is 367 g/mol. The Morgan fingerprint density at radius 2 is 2.00 bits per heavy atom. The number of fused-ring (bicyclic) bond motifs is 1. The zero-order chi connectivity index (χ0) is 18.8. The molecule has 4 rings (SSSR count). The van der Waals surface area contributed by atoms with Crippen molar-refractivity contribution in [2.45, 2.75) is 30.7 Å². The summed E-state index contributed by atoms with van der Waals surface area (Å²) in [5.41, 5.74) is 2.40. The van der Waals surface area contributed by atoms with Gasteiger partial charge in [0.15, 0.2) is 6.61 Å². The smallest absolute Gasteiger partial charge is 0.283 e. The van der Waals surface area contributed by atoms with Crippen LogP contribution in [0.2, 0.25) is 0 Å². The molecule has 0 radical (unpaired) electrons. The highest BCUT2D eigenvalue weighted by Crippen LogP contribution is 2.31. The molecule has 0 bridgehead atoms. The lowest BCUT2D eigenvalue weighted by molar-refractivity contribution is 0.250. The lowest BCUT2D eigenvalue weighted by Crippen LogP contribution is -1.97. The van der Waals surface area contributed by atoms with Gasteiger partial charge < -0.3 is 9.15 Å². The van der Waals surface area contributed by atoms with E-state index in [1.807, 2.05) is 32.0 Å². The van der Waals surface area contributed by atoms with Crippen LogP contribution in [0.15, 0.2) is 57.4 Å². The Balaban J connectivity index is 1.50. The second kappa shape index (κ2) is 7.32. The molecule has 0 N–H and O–H groups in total. The van der Waals surface area contributed by atoms with E-state index in [0.717, 1.165) is 28.6 Å². The van der Waals surface area contributed by atoms with Crippen LogP contribution in [-0.4, -0.2) is 20.2 Å². The van der Waals surface area contributed by atoms with Crippen LogP contribution in [0.3, 0.4) is 0 Å². The fourth-order valence-corrected chi connectivity index (χ4v) is 3.29. The maximum atomic E-state index is 13.9. The third-order valence-corrected chi connectivity index (χ3v) is 4.76. The van der Waals surface area contributed by atoms with Gasteiger partial charge in [-0.2, -0.15) is 0 Å². The zero-order valence-corrected chi connectivity index (χ0v) is 15.5. The molecule has 0 aliphatic carbocycles. The van der Waals surface area contributed by atoms with Crippen LogP contribution in [0.5, 0.6) is 5.75 Å². The van der Waals surface area contributed by atoms with Crippen molar-refractivity contribution < 1.29 is 13.5 Å². The first-order valence-electron chi connectivity index (χ1n) is 8.19. The maximum absolute atomic E-state index is 13.9. The van der Waals surface area contributed by atoms with Crippen molar-refractivity contribution in [2.24, 2.45) is 0 Å². The normalized spacial score (nSPS) is 11.1. The zero-order valence-electron chi connectivity index (χ0n) is 14.6. The van der Waals surface area contributed by atoms with Crippen LogP contribution in [0, 0.1) is 19.7 Å². The average molecular weight is 382 g/mol. The maximum Gasteiger partial charge on any atom is 0.283 e. The number of para-hydroxylation sites is 1. The number of nitrogens with zero attached hydrogens (tertiary/aromatic N) is 4. The summed E-state index contributed by atoms with van der Waals surface area (Å²) in [6.07, 6.45) is 1.31. The summed E-state index contributed by atoms with van der Waals surface area (Å²) < 4.78 is 25.3. The molecule has 2 aromatic heterocycles. The Labute approximate surface area is 158 Å². The van der Waals surface area contributed by atoms with E-state index in [9.17, 15) is 4.39 Å². The van der Waals surface area contributed by atoms with Gasteiger partial charge in [0.25, 0.3) is 11.1 Å². The Morgan fingerprint density at radius 3 is 2.89 bits per heavy atom. The quantitative estimate of drug-likeness (QED) is 0.471. The number of ether oxygens (including phenoxy) is 1. The van der Waals surface area contributed by atoms with Crippen molar-refractivity contribution in [3.8, 4) is 5.75 Å². The number of benzene rings is 2. The highest BCUT2D eigenvalue weighted by molar-refractivity contribution is 7.99. The molecule has 6 nitrogen and oxygen atoms in total. The number of hydrogen-bond donors (Lipinski definition) is 0. The first kappa shape index (κ1) is 17.4. The monoisotopic (exact) mass is 382 g/mol. The fraction of sp³-hybridized carbons (Fsp3) is 0.158. The molecule has 0 saturated heterocycles. The first-order valence-corrected chi connectivity index (χ1v) is 9.01. The predicted molar refractivity (Wildman–Crippen MR) is 98.2 cm³/mol. The molecule has 0 aliphatic heterocycles. The van der Waals surface area contributed by atoms with Crippen molar-refractivity contribution in [3.05, 3.63) is 65.6 Å². The molecule has 0 spiro atoms. The van der Waals surface area contributed by atoms with Gasteiger partial charge in [-0.1, -0.05) is 18.2 Å². The van der Waals surface area contributed by atoms with E-state index in [0.29, 0.717) is 21.5 Å². The Bertz CT molecular complexity index is 1120. The van der Waals surface area contributed by atoms with Crippen LogP contribution in [-0.2, 0) is 6.61 Å². The minimum atomic E-state index is -0.398. The van der Waals surface area contributed by atoms with Gasteiger partial charge in [0.2, 0.25) is 0 Å². The Morgan fingerprint density at radius 1 is 1.11 bits per heavy atom. The van der Waals surface area contributed by atoms with E-state index in [4.69, 9.17) is 9.15 Å². The molecule has 136 valence electrons. The van der Waals surface area contributed by atoms with Crippen molar-refractivity contribution in [3.63, 3.8) is 0 Å². The third kappa shape index (κ3) is 3.75. The molecule has 0 saturated carbocycles. The number of rotatable bonds is 5.